The minimum atomic E-state index is -0.104. The first-order valence-electron chi connectivity index (χ1n) is 7.16. The molecule has 1 rings (SSSR count). The van der Waals surface area contributed by atoms with Crippen LogP contribution >= 0.6 is 0 Å². The average molecular weight is 264 g/mol. The highest BCUT2D eigenvalue weighted by molar-refractivity contribution is 5.68. The largest absolute Gasteiger partial charge is 0.508 e. The normalized spacial score (nSPS) is 10.4. The molecular formula is C16H24O3. The molecule has 3 heteroatoms. The van der Waals surface area contributed by atoms with Gasteiger partial charge in [-0.05, 0) is 37.0 Å². The minimum absolute atomic E-state index is 0.104. The topological polar surface area (TPSA) is 46.5 Å². The van der Waals surface area contributed by atoms with E-state index in [9.17, 15) is 4.79 Å². The van der Waals surface area contributed by atoms with E-state index in [1.165, 1.54) is 24.8 Å². The number of rotatable bonds is 9. The van der Waals surface area contributed by atoms with Crippen molar-refractivity contribution in [1.29, 1.82) is 0 Å². The Balaban J connectivity index is 1.94. The zero-order valence-electron chi connectivity index (χ0n) is 11.7. The lowest BCUT2D eigenvalue weighted by atomic mass is 10.1. The van der Waals surface area contributed by atoms with E-state index in [-0.39, 0.29) is 5.97 Å². The van der Waals surface area contributed by atoms with Crippen molar-refractivity contribution >= 4 is 5.97 Å². The van der Waals surface area contributed by atoms with Crippen molar-refractivity contribution in [3.05, 3.63) is 29.8 Å². The molecule has 1 aromatic carbocycles. The molecular weight excluding hydrogens is 240 g/mol. The number of aromatic hydroxyl groups is 1. The van der Waals surface area contributed by atoms with Crippen LogP contribution < -0.4 is 0 Å². The lowest BCUT2D eigenvalue weighted by Crippen LogP contribution is -2.03. The summed E-state index contributed by atoms with van der Waals surface area (Å²) < 4.78 is 5.02. The Kier molecular flexibility index (Phi) is 7.71. The van der Waals surface area contributed by atoms with Crippen molar-refractivity contribution in [2.24, 2.45) is 0 Å². The number of hydrogen-bond donors (Lipinski definition) is 1. The van der Waals surface area contributed by atoms with Gasteiger partial charge in [0.25, 0.3) is 0 Å². The molecule has 0 radical (unpaired) electrons. The van der Waals surface area contributed by atoms with Crippen molar-refractivity contribution in [2.75, 3.05) is 6.61 Å². The van der Waals surface area contributed by atoms with Crippen molar-refractivity contribution in [1.82, 2.24) is 0 Å². The first-order chi connectivity index (χ1) is 9.22. The molecule has 0 amide bonds. The van der Waals surface area contributed by atoms with E-state index in [0.29, 0.717) is 18.8 Å². The number of phenols is 1. The molecule has 0 saturated heterocycles. The fraction of sp³-hybridized carbons (Fsp3) is 0.562. The second-order valence-corrected chi connectivity index (χ2v) is 4.76. The zero-order chi connectivity index (χ0) is 13.9. The van der Waals surface area contributed by atoms with Crippen molar-refractivity contribution < 1.29 is 14.6 Å². The zero-order valence-corrected chi connectivity index (χ0v) is 11.7. The molecule has 0 spiro atoms. The van der Waals surface area contributed by atoms with Crippen LogP contribution in [-0.4, -0.2) is 17.7 Å². The second-order valence-electron chi connectivity index (χ2n) is 4.76. The summed E-state index contributed by atoms with van der Waals surface area (Å²) in [4.78, 5) is 10.9. The summed E-state index contributed by atoms with van der Waals surface area (Å²) in [7, 11) is 0. The molecule has 0 aromatic heterocycles. The Morgan fingerprint density at radius 1 is 1.05 bits per heavy atom. The number of aryl methyl sites for hydroxylation is 1. The number of phenolic OH excluding ortho intramolecular Hbond substituents is 1. The number of benzene rings is 1. The lowest BCUT2D eigenvalue weighted by Gasteiger charge is -2.04. The van der Waals surface area contributed by atoms with Gasteiger partial charge in [0.15, 0.2) is 0 Å². The highest BCUT2D eigenvalue weighted by Gasteiger charge is 1.98. The first kappa shape index (κ1) is 15.5. The van der Waals surface area contributed by atoms with Gasteiger partial charge in [-0.2, -0.15) is 0 Å². The Morgan fingerprint density at radius 2 is 1.68 bits per heavy atom. The van der Waals surface area contributed by atoms with Crippen LogP contribution in [-0.2, 0) is 16.0 Å². The quantitative estimate of drug-likeness (QED) is 0.544. The fourth-order valence-corrected chi connectivity index (χ4v) is 1.91. The number of carbonyl (C=O) groups is 1. The van der Waals surface area contributed by atoms with Crippen LogP contribution in [0.15, 0.2) is 24.3 Å². The van der Waals surface area contributed by atoms with Crippen LogP contribution in [0.2, 0.25) is 0 Å². The molecule has 0 saturated carbocycles. The molecule has 0 fully saturated rings. The smallest absolute Gasteiger partial charge is 0.305 e. The second kappa shape index (κ2) is 9.42. The first-order valence-corrected chi connectivity index (χ1v) is 7.16. The predicted molar refractivity (Wildman–Crippen MR) is 76.1 cm³/mol. The van der Waals surface area contributed by atoms with Crippen molar-refractivity contribution in [3.8, 4) is 5.75 Å². The van der Waals surface area contributed by atoms with Crippen molar-refractivity contribution in [3.63, 3.8) is 0 Å². The van der Waals surface area contributed by atoms with E-state index in [2.05, 4.69) is 0 Å². The maximum absolute atomic E-state index is 10.9. The SMILES string of the molecule is CCC(=O)OCCCCCCCc1ccc(O)cc1. The maximum atomic E-state index is 10.9. The Bertz CT molecular complexity index is 357. The molecule has 0 heterocycles. The number of carbonyl (C=O) groups excluding carboxylic acids is 1. The van der Waals surface area contributed by atoms with Gasteiger partial charge in [-0.15, -0.1) is 0 Å². The highest BCUT2D eigenvalue weighted by Crippen LogP contribution is 2.13. The molecule has 0 bridgehead atoms. The van der Waals surface area contributed by atoms with Crippen LogP contribution in [0.1, 0.15) is 51.0 Å². The van der Waals surface area contributed by atoms with Gasteiger partial charge >= 0.3 is 5.97 Å². The fourth-order valence-electron chi connectivity index (χ4n) is 1.91. The van der Waals surface area contributed by atoms with Gasteiger partial charge in [0.1, 0.15) is 5.75 Å². The van der Waals surface area contributed by atoms with Gasteiger partial charge in [0.05, 0.1) is 6.61 Å². The van der Waals surface area contributed by atoms with E-state index in [1.807, 2.05) is 19.1 Å². The number of unbranched alkanes of at least 4 members (excludes halogenated alkanes) is 4. The minimum Gasteiger partial charge on any atom is -0.508 e. The van der Waals surface area contributed by atoms with Crippen molar-refractivity contribution in [2.45, 2.75) is 51.9 Å². The Hall–Kier alpha value is -1.51. The summed E-state index contributed by atoms with van der Waals surface area (Å²) in [6.07, 6.45) is 7.15. The summed E-state index contributed by atoms with van der Waals surface area (Å²) in [5.74, 6) is 0.220. The van der Waals surface area contributed by atoms with Gasteiger partial charge in [0, 0.05) is 6.42 Å². The van der Waals surface area contributed by atoms with Gasteiger partial charge in [0.2, 0.25) is 0 Å². The maximum Gasteiger partial charge on any atom is 0.305 e. The molecule has 19 heavy (non-hydrogen) atoms. The molecule has 0 aliphatic carbocycles. The van der Waals surface area contributed by atoms with Crippen LogP contribution in [0.25, 0.3) is 0 Å². The monoisotopic (exact) mass is 264 g/mol. The summed E-state index contributed by atoms with van der Waals surface area (Å²) in [6.45, 7) is 2.37. The third-order valence-corrected chi connectivity index (χ3v) is 3.10. The van der Waals surface area contributed by atoms with Gasteiger partial charge in [-0.3, -0.25) is 4.79 Å². The summed E-state index contributed by atoms with van der Waals surface area (Å²) in [5.41, 5.74) is 1.27. The number of esters is 1. The Labute approximate surface area is 115 Å². The molecule has 1 aromatic rings. The van der Waals surface area contributed by atoms with E-state index in [1.54, 1.807) is 12.1 Å². The third-order valence-electron chi connectivity index (χ3n) is 3.10. The van der Waals surface area contributed by atoms with Gasteiger partial charge in [-0.1, -0.05) is 38.3 Å². The van der Waals surface area contributed by atoms with E-state index in [4.69, 9.17) is 9.84 Å². The van der Waals surface area contributed by atoms with E-state index in [0.717, 1.165) is 19.3 Å². The third kappa shape index (κ3) is 7.50. The lowest BCUT2D eigenvalue weighted by molar-refractivity contribution is -0.143. The number of hydrogen-bond acceptors (Lipinski definition) is 3. The number of ether oxygens (including phenoxy) is 1. The molecule has 106 valence electrons. The molecule has 0 unspecified atom stereocenters. The van der Waals surface area contributed by atoms with Crippen LogP contribution in [0, 0.1) is 0 Å². The average Bonchev–Trinajstić information content (AvgIpc) is 2.43. The highest BCUT2D eigenvalue weighted by atomic mass is 16.5. The van der Waals surface area contributed by atoms with Crippen LogP contribution in [0.5, 0.6) is 5.75 Å². The van der Waals surface area contributed by atoms with Crippen LogP contribution in [0.4, 0.5) is 0 Å². The van der Waals surface area contributed by atoms with Gasteiger partial charge < -0.3 is 9.84 Å². The Morgan fingerprint density at radius 3 is 2.37 bits per heavy atom. The van der Waals surface area contributed by atoms with Gasteiger partial charge in [-0.25, -0.2) is 0 Å². The van der Waals surface area contributed by atoms with E-state index < -0.39 is 0 Å². The predicted octanol–water partition coefficient (Wildman–Crippen LogP) is 3.84. The summed E-state index contributed by atoms with van der Waals surface area (Å²) >= 11 is 0. The molecule has 0 atom stereocenters. The molecule has 1 N–H and O–H groups in total. The summed E-state index contributed by atoms with van der Waals surface area (Å²) in [6, 6.07) is 7.41. The molecule has 3 nitrogen and oxygen atoms in total. The molecule has 0 aliphatic rings. The van der Waals surface area contributed by atoms with E-state index >= 15 is 0 Å². The standard InChI is InChI=1S/C16H24O3/c1-2-16(18)19-13-7-5-3-4-6-8-14-9-11-15(17)12-10-14/h9-12,17H,2-8,13H2,1H3. The molecule has 0 aliphatic heterocycles. The van der Waals surface area contributed by atoms with Crippen LogP contribution in [0.3, 0.4) is 0 Å². The summed E-state index contributed by atoms with van der Waals surface area (Å²) in [5, 5.41) is 9.17.